The number of rotatable bonds is 4. The van der Waals surface area contributed by atoms with E-state index in [1.165, 1.54) is 7.11 Å². The van der Waals surface area contributed by atoms with Crippen LogP contribution in [-0.2, 0) is 15.4 Å². The molecule has 3 N–H and O–H groups in total. The normalized spacial score (nSPS) is 12.6. The zero-order valence-corrected chi connectivity index (χ0v) is 13.8. The van der Waals surface area contributed by atoms with Crippen LogP contribution in [0, 0.1) is 0 Å². The Morgan fingerprint density at radius 2 is 1.80 bits per heavy atom. The molecule has 1 aromatic carbocycles. The molecule has 0 fully saturated rings. The highest BCUT2D eigenvalue weighted by Gasteiger charge is 2.22. The summed E-state index contributed by atoms with van der Waals surface area (Å²) in [7, 11) is -1.98. The highest BCUT2D eigenvalue weighted by molar-refractivity contribution is 7.93. The Bertz CT molecular complexity index is 587. The van der Waals surface area contributed by atoms with Crippen LogP contribution in [0.15, 0.2) is 12.1 Å². The minimum Gasteiger partial charge on any atom is -0.492 e. The molecular weight excluding hydrogens is 276 g/mol. The largest absolute Gasteiger partial charge is 0.492 e. The lowest BCUT2D eigenvalue weighted by Crippen LogP contribution is -2.23. The number of nitrogen functional groups attached to an aromatic ring is 1. The zero-order valence-electron chi connectivity index (χ0n) is 12.9. The summed E-state index contributed by atoms with van der Waals surface area (Å²) in [4.78, 5) is 0. The monoisotopic (exact) mass is 300 g/mol. The van der Waals surface area contributed by atoms with E-state index in [-0.39, 0.29) is 5.41 Å². The Kier molecular flexibility index (Phi) is 4.59. The van der Waals surface area contributed by atoms with Gasteiger partial charge in [0.15, 0.2) is 5.75 Å². The summed E-state index contributed by atoms with van der Waals surface area (Å²) in [5.74, 6) is 0.349. The fraction of sp³-hybridized carbons (Fsp3) is 0.571. The second-order valence-electron chi connectivity index (χ2n) is 6.09. The topological polar surface area (TPSA) is 81.4 Å². The van der Waals surface area contributed by atoms with Crippen LogP contribution >= 0.6 is 0 Å². The fourth-order valence-corrected chi connectivity index (χ4v) is 2.35. The van der Waals surface area contributed by atoms with E-state index in [1.54, 1.807) is 19.9 Å². The van der Waals surface area contributed by atoms with Crippen molar-refractivity contribution >= 4 is 21.4 Å². The number of benzene rings is 1. The van der Waals surface area contributed by atoms with Crippen molar-refractivity contribution in [2.45, 2.75) is 45.3 Å². The van der Waals surface area contributed by atoms with Gasteiger partial charge in [-0.1, -0.05) is 20.8 Å². The molecule has 1 aromatic rings. The van der Waals surface area contributed by atoms with Gasteiger partial charge in [-0.25, -0.2) is 8.42 Å². The molecule has 0 radical (unpaired) electrons. The number of nitrogens with two attached hydrogens (primary N) is 1. The molecule has 0 atom stereocenters. The van der Waals surface area contributed by atoms with E-state index in [1.807, 2.05) is 26.8 Å². The van der Waals surface area contributed by atoms with Gasteiger partial charge in [-0.15, -0.1) is 0 Å². The third kappa shape index (κ3) is 3.56. The van der Waals surface area contributed by atoms with E-state index < -0.39 is 15.3 Å². The predicted molar refractivity (Wildman–Crippen MR) is 83.8 cm³/mol. The van der Waals surface area contributed by atoms with E-state index in [9.17, 15) is 8.42 Å². The first-order valence-electron chi connectivity index (χ1n) is 6.48. The molecule has 0 amide bonds. The van der Waals surface area contributed by atoms with E-state index in [2.05, 4.69) is 4.72 Å². The van der Waals surface area contributed by atoms with Crippen LogP contribution in [0.5, 0.6) is 5.75 Å². The third-order valence-corrected chi connectivity index (χ3v) is 4.81. The maximum atomic E-state index is 12.0. The molecule has 5 nitrogen and oxygen atoms in total. The summed E-state index contributed by atoms with van der Waals surface area (Å²) >= 11 is 0. The first-order chi connectivity index (χ1) is 8.99. The summed E-state index contributed by atoms with van der Waals surface area (Å²) < 4.78 is 31.8. The number of ether oxygens (including phenoxy) is 1. The van der Waals surface area contributed by atoms with Crippen molar-refractivity contribution in [2.75, 3.05) is 17.6 Å². The highest BCUT2D eigenvalue weighted by Crippen LogP contribution is 2.37. The third-order valence-electron chi connectivity index (χ3n) is 3.06. The SMILES string of the molecule is COc1c(N)cc(C(C)(C)C)cc1NS(=O)(=O)C(C)C. The Balaban J connectivity index is 3.41. The Morgan fingerprint density at radius 1 is 1.25 bits per heavy atom. The van der Waals surface area contributed by atoms with Gasteiger partial charge < -0.3 is 10.5 Å². The molecule has 0 aliphatic carbocycles. The Hall–Kier alpha value is -1.43. The van der Waals surface area contributed by atoms with Gasteiger partial charge in [-0.3, -0.25) is 4.72 Å². The van der Waals surface area contributed by atoms with Gasteiger partial charge in [0.2, 0.25) is 10.0 Å². The number of methoxy groups -OCH3 is 1. The van der Waals surface area contributed by atoms with Crippen LogP contribution in [-0.4, -0.2) is 20.8 Å². The minimum absolute atomic E-state index is 0.140. The maximum absolute atomic E-state index is 12.0. The van der Waals surface area contributed by atoms with Gasteiger partial charge in [-0.2, -0.15) is 0 Å². The highest BCUT2D eigenvalue weighted by atomic mass is 32.2. The number of anilines is 2. The van der Waals surface area contributed by atoms with Gasteiger partial charge in [0.1, 0.15) is 0 Å². The van der Waals surface area contributed by atoms with Crippen molar-refractivity contribution in [3.63, 3.8) is 0 Å². The van der Waals surface area contributed by atoms with Gasteiger partial charge in [0, 0.05) is 0 Å². The van der Waals surface area contributed by atoms with Crippen molar-refractivity contribution in [1.82, 2.24) is 0 Å². The average Bonchev–Trinajstić information content (AvgIpc) is 2.26. The van der Waals surface area contributed by atoms with E-state index in [0.29, 0.717) is 17.1 Å². The number of nitrogens with one attached hydrogen (secondary N) is 1. The Morgan fingerprint density at radius 3 is 2.20 bits per heavy atom. The Labute approximate surface area is 121 Å². The summed E-state index contributed by atoms with van der Waals surface area (Å²) in [6.45, 7) is 9.34. The summed E-state index contributed by atoms with van der Waals surface area (Å²) in [6, 6.07) is 3.58. The number of hydrogen-bond acceptors (Lipinski definition) is 4. The molecule has 6 heteroatoms. The lowest BCUT2D eigenvalue weighted by Gasteiger charge is -2.23. The zero-order chi connectivity index (χ0) is 15.7. The molecule has 0 aromatic heterocycles. The molecule has 0 aliphatic heterocycles. The van der Waals surface area contributed by atoms with Crippen molar-refractivity contribution < 1.29 is 13.2 Å². The van der Waals surface area contributed by atoms with E-state index in [4.69, 9.17) is 10.5 Å². The van der Waals surface area contributed by atoms with Crippen LogP contribution in [0.25, 0.3) is 0 Å². The molecule has 0 saturated heterocycles. The minimum atomic E-state index is -3.45. The first kappa shape index (κ1) is 16.6. The number of hydrogen-bond donors (Lipinski definition) is 2. The summed E-state index contributed by atoms with van der Waals surface area (Å²) in [6.07, 6.45) is 0. The second-order valence-corrected chi connectivity index (χ2v) is 8.33. The van der Waals surface area contributed by atoms with Gasteiger partial charge >= 0.3 is 0 Å². The molecule has 0 saturated carbocycles. The van der Waals surface area contributed by atoms with Crippen molar-refractivity contribution in [1.29, 1.82) is 0 Å². The molecular formula is C14H24N2O3S. The molecule has 1 rings (SSSR count). The standard InChI is InChI=1S/C14H24N2O3S/c1-9(2)20(17,18)16-12-8-10(14(3,4)5)7-11(15)13(12)19-6/h7-9,16H,15H2,1-6H3. The van der Waals surface area contributed by atoms with Crippen LogP contribution < -0.4 is 15.2 Å². The second kappa shape index (κ2) is 5.52. The van der Waals surface area contributed by atoms with Gasteiger partial charge in [-0.05, 0) is 37.0 Å². The molecule has 0 bridgehead atoms. The summed E-state index contributed by atoms with van der Waals surface area (Å²) in [5.41, 5.74) is 7.56. The molecule has 20 heavy (non-hydrogen) atoms. The van der Waals surface area contributed by atoms with Crippen LogP contribution in [0.1, 0.15) is 40.2 Å². The molecule has 0 heterocycles. The lowest BCUT2D eigenvalue weighted by atomic mass is 9.86. The fourth-order valence-electron chi connectivity index (χ4n) is 1.66. The van der Waals surface area contributed by atoms with Gasteiger partial charge in [0.05, 0.1) is 23.7 Å². The van der Waals surface area contributed by atoms with Crippen molar-refractivity contribution in [2.24, 2.45) is 0 Å². The van der Waals surface area contributed by atoms with Crippen molar-refractivity contribution in [3.05, 3.63) is 17.7 Å². The molecule has 0 spiro atoms. The van der Waals surface area contributed by atoms with Crippen LogP contribution in [0.2, 0.25) is 0 Å². The molecule has 0 aliphatic rings. The first-order valence-corrected chi connectivity index (χ1v) is 8.03. The van der Waals surface area contributed by atoms with Crippen molar-refractivity contribution in [3.8, 4) is 5.75 Å². The smallest absolute Gasteiger partial charge is 0.235 e. The summed E-state index contributed by atoms with van der Waals surface area (Å²) in [5, 5.41) is -0.535. The quantitative estimate of drug-likeness (QED) is 0.838. The van der Waals surface area contributed by atoms with E-state index in [0.717, 1.165) is 5.56 Å². The average molecular weight is 300 g/mol. The van der Waals surface area contributed by atoms with Crippen LogP contribution in [0.4, 0.5) is 11.4 Å². The molecule has 0 unspecified atom stereocenters. The van der Waals surface area contributed by atoms with Crippen LogP contribution in [0.3, 0.4) is 0 Å². The number of sulfonamides is 1. The van der Waals surface area contributed by atoms with E-state index >= 15 is 0 Å². The lowest BCUT2D eigenvalue weighted by molar-refractivity contribution is 0.418. The molecule has 114 valence electrons. The maximum Gasteiger partial charge on any atom is 0.235 e. The van der Waals surface area contributed by atoms with Gasteiger partial charge in [0.25, 0.3) is 0 Å². The predicted octanol–water partition coefficient (Wildman–Crippen LogP) is 2.73.